The molecule has 1 fully saturated rings. The van der Waals surface area contributed by atoms with Crippen LogP contribution in [-0.4, -0.2) is 43.6 Å². The van der Waals surface area contributed by atoms with Crippen LogP contribution in [0.25, 0.3) is 0 Å². The zero-order valence-electron chi connectivity index (χ0n) is 22.2. The molecule has 0 amide bonds. The van der Waals surface area contributed by atoms with Crippen molar-refractivity contribution in [1.82, 2.24) is 0 Å². The maximum absolute atomic E-state index is 15.3. The standard InChI is InChI=1S/C30H42F2O5/c1-3-5-19-30(31,32)28(35-21-23-13-9-8-10-14-23)18-17-25-24-15-11-6-7-12-16-29(33)37-27(24)20-26(25)36-22-34-4-2/h6,8-11,13-14,17-18,24-28H,3-5,7,12,15-16,19-22H2,1-2H3. The maximum atomic E-state index is 15.3. The number of halogens is 2. The lowest BCUT2D eigenvalue weighted by molar-refractivity contribution is -0.151. The summed E-state index contributed by atoms with van der Waals surface area (Å²) in [7, 11) is 0. The van der Waals surface area contributed by atoms with Gasteiger partial charge in [-0.25, -0.2) is 8.78 Å². The highest BCUT2D eigenvalue weighted by molar-refractivity contribution is 5.69. The summed E-state index contributed by atoms with van der Waals surface area (Å²) in [6.07, 6.45) is 9.51. The third-order valence-electron chi connectivity index (χ3n) is 7.11. The summed E-state index contributed by atoms with van der Waals surface area (Å²) in [6, 6.07) is 9.35. The molecule has 0 bridgehead atoms. The van der Waals surface area contributed by atoms with Gasteiger partial charge in [-0.15, -0.1) is 0 Å². The van der Waals surface area contributed by atoms with Gasteiger partial charge in [0.2, 0.25) is 0 Å². The second kappa shape index (κ2) is 15.4. The fourth-order valence-corrected chi connectivity index (χ4v) is 5.02. The van der Waals surface area contributed by atoms with E-state index in [1.807, 2.05) is 50.3 Å². The zero-order chi connectivity index (χ0) is 26.5. The van der Waals surface area contributed by atoms with E-state index in [2.05, 4.69) is 12.2 Å². The van der Waals surface area contributed by atoms with Crippen molar-refractivity contribution in [3.05, 3.63) is 60.2 Å². The molecule has 1 aliphatic carbocycles. The molecule has 37 heavy (non-hydrogen) atoms. The van der Waals surface area contributed by atoms with Gasteiger partial charge in [0.15, 0.2) is 0 Å². The first-order chi connectivity index (χ1) is 17.9. The number of benzene rings is 1. The fourth-order valence-electron chi connectivity index (χ4n) is 5.02. The zero-order valence-corrected chi connectivity index (χ0v) is 22.2. The Labute approximate surface area is 220 Å². The number of alkyl halides is 2. The van der Waals surface area contributed by atoms with Crippen molar-refractivity contribution in [2.24, 2.45) is 11.8 Å². The van der Waals surface area contributed by atoms with Gasteiger partial charge in [-0.05, 0) is 38.2 Å². The molecule has 5 atom stereocenters. The van der Waals surface area contributed by atoms with Gasteiger partial charge < -0.3 is 18.9 Å². The largest absolute Gasteiger partial charge is 0.462 e. The number of carbonyl (C=O) groups excluding carboxylic acids is 1. The summed E-state index contributed by atoms with van der Waals surface area (Å²) in [5, 5.41) is 0. The van der Waals surface area contributed by atoms with Gasteiger partial charge in [-0.1, -0.05) is 68.0 Å². The van der Waals surface area contributed by atoms with E-state index in [1.54, 1.807) is 0 Å². The molecule has 2 aliphatic rings. The van der Waals surface area contributed by atoms with Gasteiger partial charge in [0, 0.05) is 37.7 Å². The third-order valence-corrected chi connectivity index (χ3v) is 7.11. The molecule has 0 aromatic heterocycles. The van der Waals surface area contributed by atoms with Gasteiger partial charge in [-0.3, -0.25) is 4.79 Å². The highest BCUT2D eigenvalue weighted by Gasteiger charge is 2.45. The number of fused-ring (bicyclic) bond motifs is 1. The Balaban J connectivity index is 1.84. The lowest BCUT2D eigenvalue weighted by Crippen LogP contribution is -2.35. The van der Waals surface area contributed by atoms with Crippen LogP contribution in [0.2, 0.25) is 0 Å². The van der Waals surface area contributed by atoms with Crippen LogP contribution >= 0.6 is 0 Å². The number of ether oxygens (including phenoxy) is 4. The van der Waals surface area contributed by atoms with Gasteiger partial charge in [-0.2, -0.15) is 0 Å². The van der Waals surface area contributed by atoms with Gasteiger partial charge in [0.25, 0.3) is 5.92 Å². The van der Waals surface area contributed by atoms with Crippen LogP contribution in [-0.2, 0) is 30.3 Å². The topological polar surface area (TPSA) is 54.0 Å². The van der Waals surface area contributed by atoms with Crippen molar-refractivity contribution in [3.8, 4) is 0 Å². The number of carbonyl (C=O) groups is 1. The number of esters is 1. The summed E-state index contributed by atoms with van der Waals surface area (Å²) >= 11 is 0. The molecule has 1 heterocycles. The Morgan fingerprint density at radius 3 is 2.76 bits per heavy atom. The lowest BCUT2D eigenvalue weighted by Gasteiger charge is -2.27. The van der Waals surface area contributed by atoms with E-state index in [-0.39, 0.29) is 49.8 Å². The van der Waals surface area contributed by atoms with Crippen LogP contribution in [0.3, 0.4) is 0 Å². The lowest BCUT2D eigenvalue weighted by atomic mass is 9.89. The van der Waals surface area contributed by atoms with Crippen LogP contribution in [0.5, 0.6) is 0 Å². The molecule has 5 unspecified atom stereocenters. The van der Waals surface area contributed by atoms with Gasteiger partial charge in [0.05, 0.1) is 12.7 Å². The highest BCUT2D eigenvalue weighted by Crippen LogP contribution is 2.41. The highest BCUT2D eigenvalue weighted by atomic mass is 19.3. The Morgan fingerprint density at radius 1 is 1.19 bits per heavy atom. The molecule has 7 heteroatoms. The predicted octanol–water partition coefficient (Wildman–Crippen LogP) is 7.01. The Morgan fingerprint density at radius 2 is 2.00 bits per heavy atom. The molecule has 0 spiro atoms. The predicted molar refractivity (Wildman–Crippen MR) is 139 cm³/mol. The first-order valence-electron chi connectivity index (χ1n) is 13.7. The van der Waals surface area contributed by atoms with E-state index in [4.69, 9.17) is 18.9 Å². The van der Waals surface area contributed by atoms with Crippen molar-refractivity contribution in [2.45, 2.75) is 96.1 Å². The molecule has 1 aliphatic heterocycles. The van der Waals surface area contributed by atoms with Crippen LogP contribution in [0, 0.1) is 11.8 Å². The van der Waals surface area contributed by atoms with Crippen molar-refractivity contribution in [2.75, 3.05) is 13.4 Å². The van der Waals surface area contributed by atoms with E-state index < -0.39 is 12.0 Å². The van der Waals surface area contributed by atoms with E-state index in [9.17, 15) is 4.79 Å². The average Bonchev–Trinajstić information content (AvgIpc) is 3.21. The number of allylic oxidation sites excluding steroid dienone is 2. The molecular formula is C30H42F2O5. The summed E-state index contributed by atoms with van der Waals surface area (Å²) in [4.78, 5) is 12.4. The molecule has 3 rings (SSSR count). The Bertz CT molecular complexity index is 857. The normalized spacial score (nSPS) is 25.7. The average molecular weight is 521 g/mol. The number of hydrogen-bond acceptors (Lipinski definition) is 5. The quantitative estimate of drug-likeness (QED) is 0.121. The molecule has 0 radical (unpaired) electrons. The monoisotopic (exact) mass is 520 g/mol. The number of hydrogen-bond donors (Lipinski definition) is 0. The Hall–Kier alpha value is -2.09. The first-order valence-corrected chi connectivity index (χ1v) is 13.7. The molecule has 1 saturated carbocycles. The summed E-state index contributed by atoms with van der Waals surface area (Å²) < 4.78 is 53.7. The molecule has 1 aromatic rings. The van der Waals surface area contributed by atoms with E-state index >= 15 is 8.78 Å². The second-order valence-electron chi connectivity index (χ2n) is 9.89. The smallest absolute Gasteiger partial charge is 0.306 e. The van der Waals surface area contributed by atoms with E-state index in [0.29, 0.717) is 38.7 Å². The molecule has 206 valence electrons. The van der Waals surface area contributed by atoms with Crippen molar-refractivity contribution < 1.29 is 32.5 Å². The number of rotatable bonds is 13. The van der Waals surface area contributed by atoms with E-state index in [1.165, 1.54) is 6.08 Å². The molecule has 1 aromatic carbocycles. The van der Waals surface area contributed by atoms with Crippen molar-refractivity contribution >= 4 is 5.97 Å². The SMILES string of the molecule is CCCCC(F)(F)C(C=CC1C(OCOCC)CC2OC(=O)CCCC=CCC21)OCc1ccccc1. The van der Waals surface area contributed by atoms with E-state index in [0.717, 1.165) is 18.4 Å². The van der Waals surface area contributed by atoms with Gasteiger partial charge in [0.1, 0.15) is 19.0 Å². The number of unbranched alkanes of at least 4 members (excludes halogenated alkanes) is 1. The first kappa shape index (κ1) is 29.5. The Kier molecular flexibility index (Phi) is 12.2. The van der Waals surface area contributed by atoms with Crippen molar-refractivity contribution in [3.63, 3.8) is 0 Å². The van der Waals surface area contributed by atoms with Gasteiger partial charge >= 0.3 is 5.97 Å². The molecule has 0 saturated heterocycles. The molecule has 5 nitrogen and oxygen atoms in total. The minimum absolute atomic E-state index is 0.0692. The summed E-state index contributed by atoms with van der Waals surface area (Å²) in [5.41, 5.74) is 0.843. The van der Waals surface area contributed by atoms with Crippen LogP contribution in [0.15, 0.2) is 54.6 Å². The minimum Gasteiger partial charge on any atom is -0.462 e. The van der Waals surface area contributed by atoms with Crippen LogP contribution in [0.4, 0.5) is 8.78 Å². The van der Waals surface area contributed by atoms with Crippen molar-refractivity contribution in [1.29, 1.82) is 0 Å². The molecular weight excluding hydrogens is 478 g/mol. The molecule has 0 N–H and O–H groups in total. The van der Waals surface area contributed by atoms with Crippen LogP contribution in [0.1, 0.15) is 70.8 Å². The minimum atomic E-state index is -3.01. The third kappa shape index (κ3) is 9.31. The van der Waals surface area contributed by atoms with Crippen LogP contribution < -0.4 is 0 Å². The summed E-state index contributed by atoms with van der Waals surface area (Å²) in [5.74, 6) is -3.51. The summed E-state index contributed by atoms with van der Waals surface area (Å²) in [6.45, 7) is 4.50. The second-order valence-corrected chi connectivity index (χ2v) is 9.89. The fraction of sp³-hybridized carbons (Fsp3) is 0.633. The maximum Gasteiger partial charge on any atom is 0.306 e.